The zero-order chi connectivity index (χ0) is 21.1. The summed E-state index contributed by atoms with van der Waals surface area (Å²) in [6, 6.07) is 24.2. The lowest BCUT2D eigenvalue weighted by Crippen LogP contribution is -2.14. The van der Waals surface area contributed by atoms with Gasteiger partial charge in [-0.15, -0.1) is 0 Å². The van der Waals surface area contributed by atoms with Crippen LogP contribution in [0, 0.1) is 0 Å². The molecule has 2 atom stereocenters. The van der Waals surface area contributed by atoms with E-state index >= 15 is 0 Å². The molecule has 0 saturated carbocycles. The Bertz CT molecular complexity index is 1070. The van der Waals surface area contributed by atoms with Crippen LogP contribution in [0.3, 0.4) is 0 Å². The van der Waals surface area contributed by atoms with Crippen molar-refractivity contribution in [3.05, 3.63) is 72.8 Å². The van der Waals surface area contributed by atoms with Crippen LogP contribution in [0.25, 0.3) is 32.7 Å². The van der Waals surface area contributed by atoms with Crippen molar-refractivity contribution in [2.45, 2.75) is 26.1 Å². The van der Waals surface area contributed by atoms with Crippen molar-refractivity contribution in [1.29, 1.82) is 0 Å². The van der Waals surface area contributed by atoms with Gasteiger partial charge in [0.1, 0.15) is 24.7 Å². The largest absolute Gasteiger partial charge is 0.490 e. The van der Waals surface area contributed by atoms with Crippen LogP contribution in [-0.4, -0.2) is 35.6 Å². The van der Waals surface area contributed by atoms with Gasteiger partial charge in [0.25, 0.3) is 0 Å². The first-order valence-electron chi connectivity index (χ1n) is 10.2. The molecule has 2 unspecified atom stereocenters. The standard InChI is InChI=1S/C26H26O4/c1-17(27)15-29-23-13-11-19-7-3-5-9-21(19)25(23)26-22-10-6-4-8-20(22)12-14-24(26)30-16-18(2)28/h3-14,17-18,27-28H,15-16H2,1-2H3. The van der Waals surface area contributed by atoms with E-state index in [-0.39, 0.29) is 13.2 Å². The van der Waals surface area contributed by atoms with E-state index in [0.29, 0.717) is 11.5 Å². The maximum Gasteiger partial charge on any atom is 0.128 e. The second kappa shape index (κ2) is 8.74. The average molecular weight is 402 g/mol. The van der Waals surface area contributed by atoms with Crippen molar-refractivity contribution in [3.63, 3.8) is 0 Å². The van der Waals surface area contributed by atoms with Crippen molar-refractivity contribution >= 4 is 21.5 Å². The molecular formula is C26H26O4. The molecule has 154 valence electrons. The Balaban J connectivity index is 2.02. The van der Waals surface area contributed by atoms with Gasteiger partial charge in [-0.05, 0) is 47.5 Å². The number of aliphatic hydroxyl groups is 2. The Kier molecular flexibility index (Phi) is 5.88. The Morgan fingerprint density at radius 2 is 1.00 bits per heavy atom. The first-order valence-corrected chi connectivity index (χ1v) is 10.2. The quantitative estimate of drug-likeness (QED) is 0.447. The maximum atomic E-state index is 9.78. The molecule has 0 fully saturated rings. The van der Waals surface area contributed by atoms with Gasteiger partial charge >= 0.3 is 0 Å². The number of hydrogen-bond donors (Lipinski definition) is 2. The third kappa shape index (κ3) is 4.11. The van der Waals surface area contributed by atoms with Crippen LogP contribution >= 0.6 is 0 Å². The molecule has 0 radical (unpaired) electrons. The van der Waals surface area contributed by atoms with Crippen LogP contribution in [0.4, 0.5) is 0 Å². The molecular weight excluding hydrogens is 376 g/mol. The summed E-state index contributed by atoms with van der Waals surface area (Å²) in [7, 11) is 0. The molecule has 0 spiro atoms. The summed E-state index contributed by atoms with van der Waals surface area (Å²) in [5, 5.41) is 23.8. The maximum absolute atomic E-state index is 9.78. The van der Waals surface area contributed by atoms with Gasteiger partial charge in [0, 0.05) is 11.1 Å². The lowest BCUT2D eigenvalue weighted by Gasteiger charge is -2.20. The number of fused-ring (bicyclic) bond motifs is 2. The van der Waals surface area contributed by atoms with Gasteiger partial charge < -0.3 is 19.7 Å². The molecule has 4 heteroatoms. The molecule has 4 nitrogen and oxygen atoms in total. The van der Waals surface area contributed by atoms with Crippen LogP contribution in [0.15, 0.2) is 72.8 Å². The number of ether oxygens (including phenoxy) is 2. The lowest BCUT2D eigenvalue weighted by atomic mass is 9.92. The van der Waals surface area contributed by atoms with Gasteiger partial charge in [0.15, 0.2) is 0 Å². The molecule has 30 heavy (non-hydrogen) atoms. The second-order valence-electron chi connectivity index (χ2n) is 7.64. The highest BCUT2D eigenvalue weighted by atomic mass is 16.5. The minimum atomic E-state index is -0.581. The van der Waals surface area contributed by atoms with E-state index in [1.54, 1.807) is 13.8 Å². The highest BCUT2D eigenvalue weighted by Crippen LogP contribution is 2.45. The van der Waals surface area contributed by atoms with Gasteiger partial charge in [-0.25, -0.2) is 0 Å². The van der Waals surface area contributed by atoms with E-state index in [1.165, 1.54) is 0 Å². The van der Waals surface area contributed by atoms with Gasteiger partial charge in [0.05, 0.1) is 12.2 Å². The van der Waals surface area contributed by atoms with E-state index in [2.05, 4.69) is 24.3 Å². The minimum Gasteiger partial charge on any atom is -0.490 e. The molecule has 4 aromatic rings. The van der Waals surface area contributed by atoms with Crippen molar-refractivity contribution < 1.29 is 19.7 Å². The Labute approximate surface area is 176 Å². The van der Waals surface area contributed by atoms with Crippen LogP contribution in [0.5, 0.6) is 11.5 Å². The fourth-order valence-corrected chi connectivity index (χ4v) is 3.68. The van der Waals surface area contributed by atoms with E-state index in [0.717, 1.165) is 32.7 Å². The summed E-state index contributed by atoms with van der Waals surface area (Å²) >= 11 is 0. The van der Waals surface area contributed by atoms with Crippen molar-refractivity contribution in [2.24, 2.45) is 0 Å². The molecule has 0 aromatic heterocycles. The fourth-order valence-electron chi connectivity index (χ4n) is 3.68. The van der Waals surface area contributed by atoms with E-state index < -0.39 is 12.2 Å². The number of hydrogen-bond acceptors (Lipinski definition) is 4. The zero-order valence-electron chi connectivity index (χ0n) is 17.2. The van der Waals surface area contributed by atoms with Crippen molar-refractivity contribution in [2.75, 3.05) is 13.2 Å². The van der Waals surface area contributed by atoms with Crippen LogP contribution in [-0.2, 0) is 0 Å². The molecule has 0 heterocycles. The first-order chi connectivity index (χ1) is 14.5. The lowest BCUT2D eigenvalue weighted by molar-refractivity contribution is 0.122. The summed E-state index contributed by atoms with van der Waals surface area (Å²) in [6.45, 7) is 3.80. The topological polar surface area (TPSA) is 58.9 Å². The molecule has 4 rings (SSSR count). The third-order valence-electron chi connectivity index (χ3n) is 4.99. The summed E-state index contributed by atoms with van der Waals surface area (Å²) in [6.07, 6.45) is -1.16. The monoisotopic (exact) mass is 402 g/mol. The molecule has 2 N–H and O–H groups in total. The Morgan fingerprint density at radius 3 is 1.40 bits per heavy atom. The second-order valence-corrected chi connectivity index (χ2v) is 7.64. The predicted molar refractivity (Wildman–Crippen MR) is 121 cm³/mol. The van der Waals surface area contributed by atoms with E-state index in [4.69, 9.17) is 9.47 Å². The Hall–Kier alpha value is -3.08. The number of aliphatic hydroxyl groups excluding tert-OH is 2. The summed E-state index contributed by atoms with van der Waals surface area (Å²) in [5.74, 6) is 1.38. The van der Waals surface area contributed by atoms with Gasteiger partial charge in [-0.2, -0.15) is 0 Å². The highest BCUT2D eigenvalue weighted by molar-refractivity contribution is 6.09. The zero-order valence-corrected chi connectivity index (χ0v) is 17.2. The average Bonchev–Trinajstić information content (AvgIpc) is 2.75. The van der Waals surface area contributed by atoms with E-state index in [9.17, 15) is 10.2 Å². The van der Waals surface area contributed by atoms with Crippen molar-refractivity contribution in [1.82, 2.24) is 0 Å². The molecule has 0 bridgehead atoms. The van der Waals surface area contributed by atoms with Gasteiger partial charge in [0.2, 0.25) is 0 Å². The van der Waals surface area contributed by atoms with Crippen LogP contribution in [0.1, 0.15) is 13.8 Å². The predicted octanol–water partition coefficient (Wildman–Crippen LogP) is 5.18. The highest BCUT2D eigenvalue weighted by Gasteiger charge is 2.19. The fraction of sp³-hybridized carbons (Fsp3) is 0.231. The molecule has 0 aliphatic rings. The number of benzene rings is 4. The van der Waals surface area contributed by atoms with Crippen LogP contribution in [0.2, 0.25) is 0 Å². The molecule has 0 aliphatic carbocycles. The SMILES string of the molecule is CC(O)COc1ccc2ccccc2c1-c1c(OCC(C)O)ccc2ccccc12. The molecule has 0 saturated heterocycles. The molecule has 0 amide bonds. The van der Waals surface area contributed by atoms with Crippen molar-refractivity contribution in [3.8, 4) is 22.6 Å². The summed E-state index contributed by atoms with van der Waals surface area (Å²) in [5.41, 5.74) is 1.84. The third-order valence-corrected chi connectivity index (χ3v) is 4.99. The van der Waals surface area contributed by atoms with E-state index in [1.807, 2.05) is 48.5 Å². The summed E-state index contributed by atoms with van der Waals surface area (Å²) < 4.78 is 12.1. The van der Waals surface area contributed by atoms with Crippen LogP contribution < -0.4 is 9.47 Å². The van der Waals surface area contributed by atoms with Gasteiger partial charge in [-0.1, -0.05) is 60.7 Å². The summed E-state index contributed by atoms with van der Waals surface area (Å²) in [4.78, 5) is 0. The smallest absolute Gasteiger partial charge is 0.128 e. The normalized spacial score (nSPS) is 13.3. The Morgan fingerprint density at radius 1 is 0.600 bits per heavy atom. The minimum absolute atomic E-state index is 0.194. The number of rotatable bonds is 7. The molecule has 4 aromatic carbocycles. The van der Waals surface area contributed by atoms with Gasteiger partial charge in [-0.3, -0.25) is 0 Å². The molecule has 0 aliphatic heterocycles. The first kappa shape index (κ1) is 20.2.